The largest absolute Gasteiger partial charge is 0.494 e. The standard InChI is InChI=1S/C17H22N4O3/c1-3-23-15-7-12-6-11(2)24-16(12)8-13(15)9-18-17(22)19-10-14-4-5-20-21-14/h4-5,7-8,11H,3,6,9-10H2,1-2H3,(H,20,21)(H2,18,19,22)/t11-/m1/s1. The number of rotatable bonds is 6. The molecule has 128 valence electrons. The van der Waals surface area contributed by atoms with Gasteiger partial charge < -0.3 is 20.1 Å². The van der Waals surface area contributed by atoms with Gasteiger partial charge in [-0.05, 0) is 32.0 Å². The second kappa shape index (κ2) is 7.25. The smallest absolute Gasteiger partial charge is 0.315 e. The van der Waals surface area contributed by atoms with Crippen LogP contribution in [0.15, 0.2) is 24.4 Å². The van der Waals surface area contributed by atoms with Crippen LogP contribution in [-0.4, -0.2) is 28.9 Å². The van der Waals surface area contributed by atoms with Gasteiger partial charge in [0.15, 0.2) is 0 Å². The number of carbonyl (C=O) groups is 1. The molecular weight excluding hydrogens is 308 g/mol. The zero-order valence-corrected chi connectivity index (χ0v) is 13.9. The fourth-order valence-corrected chi connectivity index (χ4v) is 2.71. The van der Waals surface area contributed by atoms with Crippen LogP contribution in [0, 0.1) is 0 Å². The highest BCUT2D eigenvalue weighted by Gasteiger charge is 2.22. The quantitative estimate of drug-likeness (QED) is 0.757. The predicted molar refractivity (Wildman–Crippen MR) is 89.1 cm³/mol. The number of nitrogens with zero attached hydrogens (tertiary/aromatic N) is 1. The highest BCUT2D eigenvalue weighted by atomic mass is 16.5. The molecule has 1 aromatic heterocycles. The van der Waals surface area contributed by atoms with E-state index in [2.05, 4.69) is 20.8 Å². The van der Waals surface area contributed by atoms with Gasteiger partial charge in [-0.3, -0.25) is 5.10 Å². The first-order chi connectivity index (χ1) is 11.7. The summed E-state index contributed by atoms with van der Waals surface area (Å²) in [7, 11) is 0. The molecule has 24 heavy (non-hydrogen) atoms. The van der Waals surface area contributed by atoms with Crippen molar-refractivity contribution in [1.82, 2.24) is 20.8 Å². The fourth-order valence-electron chi connectivity index (χ4n) is 2.71. The van der Waals surface area contributed by atoms with Crippen LogP contribution in [0.3, 0.4) is 0 Å². The van der Waals surface area contributed by atoms with Crippen molar-refractivity contribution < 1.29 is 14.3 Å². The molecule has 0 saturated heterocycles. The van der Waals surface area contributed by atoms with E-state index in [1.807, 2.05) is 32.0 Å². The highest BCUT2D eigenvalue weighted by Crippen LogP contribution is 2.35. The lowest BCUT2D eigenvalue weighted by molar-refractivity contribution is 0.239. The van der Waals surface area contributed by atoms with Crippen LogP contribution in [0.25, 0.3) is 0 Å². The van der Waals surface area contributed by atoms with Gasteiger partial charge in [0.25, 0.3) is 0 Å². The monoisotopic (exact) mass is 330 g/mol. The average molecular weight is 330 g/mol. The molecule has 0 unspecified atom stereocenters. The van der Waals surface area contributed by atoms with Crippen molar-refractivity contribution in [3.63, 3.8) is 0 Å². The summed E-state index contributed by atoms with van der Waals surface area (Å²) in [4.78, 5) is 11.9. The van der Waals surface area contributed by atoms with Gasteiger partial charge in [0.2, 0.25) is 0 Å². The number of hydrogen-bond donors (Lipinski definition) is 3. The Hall–Kier alpha value is -2.70. The molecule has 7 heteroatoms. The molecule has 2 aromatic rings. The van der Waals surface area contributed by atoms with E-state index in [1.165, 1.54) is 0 Å². The van der Waals surface area contributed by atoms with Crippen molar-refractivity contribution >= 4 is 6.03 Å². The van der Waals surface area contributed by atoms with Gasteiger partial charge in [0.1, 0.15) is 17.6 Å². The number of benzene rings is 1. The summed E-state index contributed by atoms with van der Waals surface area (Å²) in [6.07, 6.45) is 2.71. The normalized spacial score (nSPS) is 15.5. The topological polar surface area (TPSA) is 88.3 Å². The van der Waals surface area contributed by atoms with Crippen LogP contribution in [-0.2, 0) is 19.5 Å². The number of aromatic nitrogens is 2. The molecule has 0 fully saturated rings. The lowest BCUT2D eigenvalue weighted by atomic mass is 10.1. The molecule has 3 rings (SSSR count). The Morgan fingerprint density at radius 1 is 1.42 bits per heavy atom. The maximum atomic E-state index is 11.9. The summed E-state index contributed by atoms with van der Waals surface area (Å²) in [5.41, 5.74) is 2.90. The second-order valence-corrected chi connectivity index (χ2v) is 5.75. The van der Waals surface area contributed by atoms with Crippen molar-refractivity contribution in [2.45, 2.75) is 39.5 Å². The van der Waals surface area contributed by atoms with E-state index in [0.717, 1.165) is 34.7 Å². The van der Waals surface area contributed by atoms with Crippen LogP contribution < -0.4 is 20.1 Å². The maximum absolute atomic E-state index is 11.9. The summed E-state index contributed by atoms with van der Waals surface area (Å²) < 4.78 is 11.5. The van der Waals surface area contributed by atoms with E-state index < -0.39 is 0 Å². The van der Waals surface area contributed by atoms with Gasteiger partial charge in [-0.2, -0.15) is 5.10 Å². The van der Waals surface area contributed by atoms with E-state index in [9.17, 15) is 4.79 Å². The summed E-state index contributed by atoms with van der Waals surface area (Å²) in [5.74, 6) is 1.67. The third-order valence-electron chi connectivity index (χ3n) is 3.82. The minimum atomic E-state index is -0.248. The zero-order valence-electron chi connectivity index (χ0n) is 13.9. The Kier molecular flexibility index (Phi) is 4.88. The maximum Gasteiger partial charge on any atom is 0.315 e. The van der Waals surface area contributed by atoms with E-state index in [0.29, 0.717) is 19.7 Å². The first-order valence-corrected chi connectivity index (χ1v) is 8.11. The van der Waals surface area contributed by atoms with E-state index in [4.69, 9.17) is 9.47 Å². The molecule has 1 aromatic carbocycles. The van der Waals surface area contributed by atoms with Crippen LogP contribution in [0.2, 0.25) is 0 Å². The third-order valence-corrected chi connectivity index (χ3v) is 3.82. The van der Waals surface area contributed by atoms with E-state index in [1.54, 1.807) is 6.20 Å². The number of amides is 2. The number of H-pyrrole nitrogens is 1. The van der Waals surface area contributed by atoms with Crippen LogP contribution in [0.1, 0.15) is 30.7 Å². The summed E-state index contributed by atoms with van der Waals surface area (Å²) in [6, 6.07) is 5.54. The molecule has 2 amide bonds. The molecule has 2 heterocycles. The Balaban J connectivity index is 1.61. The molecule has 0 bridgehead atoms. The number of urea groups is 1. The van der Waals surface area contributed by atoms with Gasteiger partial charge in [-0.15, -0.1) is 0 Å². The second-order valence-electron chi connectivity index (χ2n) is 5.75. The van der Waals surface area contributed by atoms with Crippen molar-refractivity contribution in [1.29, 1.82) is 0 Å². The number of nitrogens with one attached hydrogen (secondary N) is 3. The van der Waals surface area contributed by atoms with Gasteiger partial charge in [0.05, 0.1) is 18.8 Å². The molecule has 1 aliphatic rings. The van der Waals surface area contributed by atoms with Crippen LogP contribution in [0.5, 0.6) is 11.5 Å². The van der Waals surface area contributed by atoms with Crippen LogP contribution >= 0.6 is 0 Å². The number of fused-ring (bicyclic) bond motifs is 1. The first-order valence-electron chi connectivity index (χ1n) is 8.11. The molecule has 0 saturated carbocycles. The van der Waals surface area contributed by atoms with Crippen molar-refractivity contribution in [3.05, 3.63) is 41.2 Å². The lowest BCUT2D eigenvalue weighted by Gasteiger charge is -2.13. The lowest BCUT2D eigenvalue weighted by Crippen LogP contribution is -2.34. The fraction of sp³-hybridized carbons (Fsp3) is 0.412. The number of carbonyl (C=O) groups excluding carboxylic acids is 1. The number of ether oxygens (including phenoxy) is 2. The Morgan fingerprint density at radius 2 is 2.25 bits per heavy atom. The molecular formula is C17H22N4O3. The summed E-state index contributed by atoms with van der Waals surface area (Å²) >= 11 is 0. The number of hydrogen-bond acceptors (Lipinski definition) is 4. The van der Waals surface area contributed by atoms with Crippen molar-refractivity contribution in [2.75, 3.05) is 6.61 Å². The Labute approximate surface area is 140 Å². The first kappa shape index (κ1) is 16.2. The van der Waals surface area contributed by atoms with Gasteiger partial charge in [-0.1, -0.05) is 0 Å². The van der Waals surface area contributed by atoms with E-state index in [-0.39, 0.29) is 12.1 Å². The molecule has 3 N–H and O–H groups in total. The molecule has 0 spiro atoms. The minimum absolute atomic E-state index is 0.176. The van der Waals surface area contributed by atoms with Crippen molar-refractivity contribution in [2.24, 2.45) is 0 Å². The highest BCUT2D eigenvalue weighted by molar-refractivity contribution is 5.73. The molecule has 0 aliphatic carbocycles. The summed E-state index contributed by atoms with van der Waals surface area (Å²) in [5, 5.41) is 12.2. The van der Waals surface area contributed by atoms with Gasteiger partial charge in [-0.25, -0.2) is 4.79 Å². The number of aromatic amines is 1. The third kappa shape index (κ3) is 3.79. The van der Waals surface area contributed by atoms with Crippen LogP contribution in [0.4, 0.5) is 4.79 Å². The Morgan fingerprint density at radius 3 is 3.00 bits per heavy atom. The minimum Gasteiger partial charge on any atom is -0.494 e. The van der Waals surface area contributed by atoms with Gasteiger partial charge >= 0.3 is 6.03 Å². The van der Waals surface area contributed by atoms with Crippen molar-refractivity contribution in [3.8, 4) is 11.5 Å². The predicted octanol–water partition coefficient (Wildman–Crippen LogP) is 2.13. The molecule has 1 aliphatic heterocycles. The van der Waals surface area contributed by atoms with Gasteiger partial charge in [0, 0.05) is 30.3 Å². The van der Waals surface area contributed by atoms with E-state index >= 15 is 0 Å². The summed E-state index contributed by atoms with van der Waals surface area (Å²) in [6.45, 7) is 5.33. The molecule has 0 radical (unpaired) electrons. The molecule has 1 atom stereocenters. The zero-order chi connectivity index (χ0) is 16.9. The Bertz CT molecular complexity index is 700. The molecule has 7 nitrogen and oxygen atoms in total. The average Bonchev–Trinajstić information content (AvgIpc) is 3.19. The SMILES string of the molecule is CCOc1cc2c(cc1CNC(=O)NCc1ccn[nH]1)O[C@H](C)C2.